The summed E-state index contributed by atoms with van der Waals surface area (Å²) >= 11 is 0. The third-order valence-corrected chi connectivity index (χ3v) is 21.5. The van der Waals surface area contributed by atoms with Crippen LogP contribution in [0.2, 0.25) is 0 Å². The first kappa shape index (κ1) is 103. The fourth-order valence-corrected chi connectivity index (χ4v) is 14.5. The third-order valence-electron chi connectivity index (χ3n) is 21.5. The highest BCUT2D eigenvalue weighted by atomic mass is 32.1. The molecule has 4 aromatic carbocycles. The Bertz CT molecular complexity index is 6640. The van der Waals surface area contributed by atoms with Crippen LogP contribution < -0.4 is 42.5 Å². The lowest BCUT2D eigenvalue weighted by Crippen LogP contribution is -2.29. The molecule has 0 radical (unpaired) electrons. The summed E-state index contributed by atoms with van der Waals surface area (Å²) < 4.78 is 27.6. The van der Waals surface area contributed by atoms with Gasteiger partial charge in [-0.15, -0.1) is 0 Å². The normalized spacial score (nSPS) is 11.7. The number of para-hydroxylation sites is 3. The van der Waals surface area contributed by atoms with Gasteiger partial charge in [0.25, 0.3) is 23.6 Å². The first-order valence-electron chi connectivity index (χ1n) is 42.3. The van der Waals surface area contributed by atoms with Gasteiger partial charge in [-0.3, -0.25) is 59.0 Å². The monoisotopic (exact) mass is 1860 g/mol. The Morgan fingerprint density at radius 3 is 0.887 bits per heavy atom. The average Bonchev–Trinajstić information content (AvgIpc) is 0.697. The van der Waals surface area contributed by atoms with Gasteiger partial charge in [0, 0.05) is 217 Å². The maximum Gasteiger partial charge on any atom is 0.252 e. The Kier molecular flexibility index (Phi) is 37.9. The second kappa shape index (κ2) is 49.1. The Balaban J connectivity index is 0.000000197. The van der Waals surface area contributed by atoms with Gasteiger partial charge >= 0.3 is 0 Å². The Hall–Kier alpha value is -14.2. The van der Waals surface area contributed by atoms with Crippen LogP contribution in [-0.4, -0.2) is 163 Å². The van der Waals surface area contributed by atoms with Crippen molar-refractivity contribution in [2.75, 3.05) is 74.6 Å². The van der Waals surface area contributed by atoms with E-state index < -0.39 is 12.0 Å². The minimum Gasteiger partial charge on any atom is -0.369 e. The lowest BCUT2D eigenvalue weighted by Gasteiger charge is -2.17. The van der Waals surface area contributed by atoms with E-state index in [1.165, 1.54) is 31.7 Å². The molecule has 133 heavy (non-hydrogen) atoms. The molecule has 0 aliphatic carbocycles. The number of anilines is 4. The molecule has 16 rings (SSSR count). The second-order valence-electron chi connectivity index (χ2n) is 31.1. The molecular weight excluding hydrogens is 1760 g/mol. The number of aryl methyl sites for hydroxylation is 4. The van der Waals surface area contributed by atoms with Crippen molar-refractivity contribution in [3.63, 3.8) is 0 Å². The summed E-state index contributed by atoms with van der Waals surface area (Å²) in [6, 6.07) is 50.7. The van der Waals surface area contributed by atoms with Gasteiger partial charge in [-0.05, 0) is 149 Å². The van der Waals surface area contributed by atoms with E-state index in [1.807, 2.05) is 169 Å². The Morgan fingerprint density at radius 2 is 0.602 bits per heavy atom. The first-order valence-corrected chi connectivity index (χ1v) is 42.3. The SMILES string of the molecule is CCNC(=O)c1ccnc2c([C@H](C)CNc3cc(-c4ccc(C)nc4)ncn3)cccc12.CNC(=O)c1ccnc2c([C@H](C)CNc3cc(-c4ccc(C)nc4)ncn3)cc(F)cc12.CNC(=O)c1ccnc2c([C@H](C)CNc3cc(-c4ccc(C)nc4)ncn3)cccc12.Cc1ccc(-c2cc(NC[C@@H](C)c3cccc4c(C(=O)NCC(C)F)ccnc34)ncn2)cn1.S.S.S.S. The summed E-state index contributed by atoms with van der Waals surface area (Å²) in [6.07, 6.45) is 18.8. The number of amides is 4. The molecule has 686 valence electrons. The number of carbonyl (C=O) groups excluding carboxylic acids is 4. The van der Waals surface area contributed by atoms with Crippen molar-refractivity contribution in [1.29, 1.82) is 0 Å². The third kappa shape index (κ3) is 26.6. The molecule has 28 nitrogen and oxygen atoms in total. The average molecular weight is 1860 g/mol. The molecule has 16 aromatic rings. The zero-order valence-electron chi connectivity index (χ0n) is 75.7. The number of nitrogens with one attached hydrogen (secondary N) is 8. The number of carbonyl (C=O) groups is 4. The van der Waals surface area contributed by atoms with E-state index in [-0.39, 0.29) is 108 Å². The van der Waals surface area contributed by atoms with Crippen molar-refractivity contribution >= 4 is 144 Å². The standard InChI is InChI=1S/C26H27FN6O.C25H26N6O.C24H23FN6O.C24H24N6O.4H2S/c1-16(12-30-24-11-23(32-15-33-24)19-8-7-18(3)29-14-19)20-5-4-6-21-22(9-10-28-25(20)21)26(34)31-13-17(2)27;1-4-26-25(32)21-10-11-27-24-19(6-5-7-20(21)24)16(2)13-29-23-12-22(30-15-31-23)18-9-8-17(3)28-14-18;1-14(11-29-22-10-21(30-13-31-22)16-5-4-15(2)28-12-16)19-8-17(25)9-20-18(24(32)26-3)6-7-27-23(19)20;1-15(18-5-4-6-19-20(24(31)25-3)9-10-26-23(18)19)12-28-22-11-21(29-14-30-22)17-8-7-16(2)27-13-17;;;;/h4-11,14-17H,12-13H2,1-3H3,(H,31,34)(H,30,32,33);5-12,14-16H,4,13H2,1-3H3,(H,26,32)(H,29,30,31);4-10,12-14H,11H2,1-3H3,(H,26,32)(H,29,30,31);4-11,13-15H,12H2,1-3H3,(H,25,31)(H,28,29,30);4*1H2/t16-,17?;16-;14-;15-;;;;/m1111..../s1. The van der Waals surface area contributed by atoms with Gasteiger partial charge < -0.3 is 42.5 Å². The molecule has 0 spiro atoms. The van der Waals surface area contributed by atoms with Crippen LogP contribution in [0.1, 0.15) is 152 Å². The van der Waals surface area contributed by atoms with E-state index in [9.17, 15) is 28.0 Å². The quantitative estimate of drug-likeness (QED) is 0.0237. The zero-order chi connectivity index (χ0) is 91.0. The number of fused-ring (bicyclic) bond motifs is 4. The van der Waals surface area contributed by atoms with Gasteiger partial charge in [-0.25, -0.2) is 48.7 Å². The minimum atomic E-state index is -1.11. The number of benzene rings is 4. The van der Waals surface area contributed by atoms with Gasteiger partial charge in [-0.2, -0.15) is 54.0 Å². The number of pyridine rings is 8. The van der Waals surface area contributed by atoms with Crippen molar-refractivity contribution < 1.29 is 28.0 Å². The van der Waals surface area contributed by atoms with Crippen molar-refractivity contribution in [3.8, 4) is 45.0 Å². The fourth-order valence-electron chi connectivity index (χ4n) is 14.5. The molecule has 12 heterocycles. The molecule has 34 heteroatoms. The molecule has 12 aromatic heterocycles. The number of alkyl halides is 1. The van der Waals surface area contributed by atoms with Crippen LogP contribution >= 0.6 is 54.0 Å². The maximum atomic E-state index is 14.4. The van der Waals surface area contributed by atoms with Crippen molar-refractivity contribution in [2.45, 2.75) is 99.1 Å². The molecule has 0 saturated carbocycles. The van der Waals surface area contributed by atoms with E-state index in [2.05, 4.69) is 155 Å². The van der Waals surface area contributed by atoms with Crippen LogP contribution in [0.15, 0.2) is 239 Å². The molecule has 0 bridgehead atoms. The smallest absolute Gasteiger partial charge is 0.252 e. The Labute approximate surface area is 798 Å². The van der Waals surface area contributed by atoms with Gasteiger partial charge in [0.2, 0.25) is 0 Å². The molecule has 0 saturated heterocycles. The Morgan fingerprint density at radius 1 is 0.316 bits per heavy atom. The molecule has 0 fully saturated rings. The van der Waals surface area contributed by atoms with Gasteiger partial charge in [0.1, 0.15) is 60.6 Å². The minimum absolute atomic E-state index is 0. The summed E-state index contributed by atoms with van der Waals surface area (Å²) in [6.45, 7) is 22.4. The molecule has 8 N–H and O–H groups in total. The topological polar surface area (TPSA) is 371 Å². The summed E-state index contributed by atoms with van der Waals surface area (Å²) in [4.78, 5) is 120. The van der Waals surface area contributed by atoms with Crippen LogP contribution in [0.25, 0.3) is 88.6 Å². The second-order valence-corrected chi connectivity index (χ2v) is 31.1. The maximum absolute atomic E-state index is 14.4. The number of halogens is 2. The van der Waals surface area contributed by atoms with Gasteiger partial charge in [0.05, 0.1) is 67.1 Å². The predicted molar refractivity (Wildman–Crippen MR) is 544 cm³/mol. The predicted octanol–water partition coefficient (Wildman–Crippen LogP) is 17.6. The van der Waals surface area contributed by atoms with Crippen molar-refractivity contribution in [3.05, 3.63) is 312 Å². The molecule has 4 amide bonds. The van der Waals surface area contributed by atoms with Crippen LogP contribution in [0.3, 0.4) is 0 Å². The van der Waals surface area contributed by atoms with Crippen LogP contribution in [0.4, 0.5) is 32.1 Å². The highest BCUT2D eigenvalue weighted by Crippen LogP contribution is 2.34. The lowest BCUT2D eigenvalue weighted by atomic mass is 9.95. The van der Waals surface area contributed by atoms with E-state index in [4.69, 9.17) is 0 Å². The van der Waals surface area contributed by atoms with E-state index in [0.29, 0.717) is 77.5 Å². The number of hydrogen-bond acceptors (Lipinski definition) is 24. The lowest BCUT2D eigenvalue weighted by molar-refractivity contribution is 0.0940. The molecule has 5 atom stereocenters. The first-order chi connectivity index (χ1) is 62.5. The molecular formula is C99H108F2N24O4S4. The number of nitrogens with zero attached hydrogens (tertiary/aromatic N) is 16. The van der Waals surface area contributed by atoms with E-state index in [1.54, 1.807) is 88.2 Å². The largest absolute Gasteiger partial charge is 0.369 e. The fraction of sp³-hybridized carbons (Fsp3) is 0.232. The van der Waals surface area contributed by atoms with E-state index >= 15 is 0 Å². The van der Waals surface area contributed by atoms with Crippen LogP contribution in [0.5, 0.6) is 0 Å². The highest BCUT2D eigenvalue weighted by molar-refractivity contribution is 7.59. The van der Waals surface area contributed by atoms with Crippen LogP contribution in [-0.2, 0) is 0 Å². The molecule has 1 unspecified atom stereocenters. The number of hydrogen-bond donors (Lipinski definition) is 8. The van der Waals surface area contributed by atoms with Crippen molar-refractivity contribution in [2.24, 2.45) is 0 Å². The number of aromatic nitrogens is 16. The van der Waals surface area contributed by atoms with Crippen molar-refractivity contribution in [1.82, 2.24) is 101 Å². The number of rotatable bonds is 27. The highest BCUT2D eigenvalue weighted by Gasteiger charge is 2.23. The van der Waals surface area contributed by atoms with Gasteiger partial charge in [0.15, 0.2) is 0 Å². The molecule has 0 aliphatic rings. The summed E-state index contributed by atoms with van der Waals surface area (Å²) in [5, 5.41) is 27.2. The summed E-state index contributed by atoms with van der Waals surface area (Å²) in [5.74, 6) is 1.96. The van der Waals surface area contributed by atoms with Crippen LogP contribution in [0, 0.1) is 33.5 Å². The van der Waals surface area contributed by atoms with Gasteiger partial charge in [-0.1, -0.05) is 82.3 Å². The zero-order valence-corrected chi connectivity index (χ0v) is 79.7. The summed E-state index contributed by atoms with van der Waals surface area (Å²) in [5.41, 5.74) is 19.8. The van der Waals surface area contributed by atoms with E-state index in [0.717, 1.165) is 134 Å². The summed E-state index contributed by atoms with van der Waals surface area (Å²) in [7, 11) is 3.18. The molecule has 0 aliphatic heterocycles.